The summed E-state index contributed by atoms with van der Waals surface area (Å²) in [5.74, 6) is 0.705. The van der Waals surface area contributed by atoms with E-state index in [2.05, 4.69) is 42.3 Å². The smallest absolute Gasteiger partial charge is 0.0534 e. The maximum atomic E-state index is 4.33. The van der Waals surface area contributed by atoms with Crippen LogP contribution in [0.1, 0.15) is 26.3 Å². The second-order valence-corrected chi connectivity index (χ2v) is 5.24. The van der Waals surface area contributed by atoms with Crippen molar-refractivity contribution < 1.29 is 0 Å². The molecule has 1 N–H and O–H groups in total. The fourth-order valence-electron chi connectivity index (χ4n) is 2.35. The SMILES string of the molecule is CCn1cc(CN2CCNC(C(C)C)C2)cn1. The number of aromatic nitrogens is 2. The van der Waals surface area contributed by atoms with Gasteiger partial charge in [0, 0.05) is 50.5 Å². The first-order valence-electron chi connectivity index (χ1n) is 6.66. The van der Waals surface area contributed by atoms with Gasteiger partial charge < -0.3 is 5.32 Å². The lowest BCUT2D eigenvalue weighted by molar-refractivity contribution is 0.168. The number of piperazine rings is 1. The van der Waals surface area contributed by atoms with Crippen LogP contribution in [-0.2, 0) is 13.1 Å². The molecule has 2 heterocycles. The van der Waals surface area contributed by atoms with Gasteiger partial charge >= 0.3 is 0 Å². The van der Waals surface area contributed by atoms with Gasteiger partial charge in [-0.05, 0) is 12.8 Å². The van der Waals surface area contributed by atoms with Crippen molar-refractivity contribution >= 4 is 0 Å². The molecule has 0 spiro atoms. The Morgan fingerprint density at radius 3 is 3.00 bits per heavy atom. The molecular formula is C13H24N4. The number of hydrogen-bond acceptors (Lipinski definition) is 3. The molecule has 4 nitrogen and oxygen atoms in total. The molecule has 1 aliphatic heterocycles. The Kier molecular flexibility index (Phi) is 4.18. The van der Waals surface area contributed by atoms with Gasteiger partial charge in [-0.1, -0.05) is 13.8 Å². The normalized spacial score (nSPS) is 22.2. The third kappa shape index (κ3) is 3.30. The van der Waals surface area contributed by atoms with Crippen LogP contribution in [0.2, 0.25) is 0 Å². The van der Waals surface area contributed by atoms with Gasteiger partial charge in [0.15, 0.2) is 0 Å². The van der Waals surface area contributed by atoms with E-state index in [1.165, 1.54) is 5.56 Å². The molecule has 1 saturated heterocycles. The average molecular weight is 236 g/mol. The molecule has 17 heavy (non-hydrogen) atoms. The van der Waals surface area contributed by atoms with Crippen LogP contribution >= 0.6 is 0 Å². The number of rotatable bonds is 4. The Labute approximate surface area is 104 Å². The summed E-state index contributed by atoms with van der Waals surface area (Å²) in [6.45, 7) is 12.1. The molecule has 1 aliphatic rings. The van der Waals surface area contributed by atoms with Crippen molar-refractivity contribution in [1.82, 2.24) is 20.0 Å². The first-order valence-corrected chi connectivity index (χ1v) is 6.66. The highest BCUT2D eigenvalue weighted by molar-refractivity contribution is 5.04. The third-order valence-corrected chi connectivity index (χ3v) is 3.51. The van der Waals surface area contributed by atoms with Crippen molar-refractivity contribution in [3.05, 3.63) is 18.0 Å². The standard InChI is InChI=1S/C13H24N4/c1-4-17-9-12(7-15-17)8-16-6-5-14-13(10-16)11(2)3/h7,9,11,13-14H,4-6,8,10H2,1-3H3. The molecule has 1 aromatic rings. The lowest BCUT2D eigenvalue weighted by atomic mass is 10.0. The lowest BCUT2D eigenvalue weighted by Gasteiger charge is -2.35. The lowest BCUT2D eigenvalue weighted by Crippen LogP contribution is -2.52. The number of nitrogens with one attached hydrogen (secondary N) is 1. The minimum absolute atomic E-state index is 0.630. The quantitative estimate of drug-likeness (QED) is 0.856. The van der Waals surface area contributed by atoms with Crippen LogP contribution < -0.4 is 5.32 Å². The summed E-state index contributed by atoms with van der Waals surface area (Å²) in [7, 11) is 0. The molecule has 0 radical (unpaired) electrons. The van der Waals surface area contributed by atoms with Crippen LogP contribution in [0.5, 0.6) is 0 Å². The Morgan fingerprint density at radius 2 is 2.35 bits per heavy atom. The third-order valence-electron chi connectivity index (χ3n) is 3.51. The van der Waals surface area contributed by atoms with Crippen LogP contribution in [0.4, 0.5) is 0 Å². The number of aryl methyl sites for hydroxylation is 1. The molecule has 4 heteroatoms. The van der Waals surface area contributed by atoms with E-state index in [0.29, 0.717) is 12.0 Å². The predicted octanol–water partition coefficient (Wildman–Crippen LogP) is 1.33. The zero-order valence-corrected chi connectivity index (χ0v) is 11.2. The van der Waals surface area contributed by atoms with E-state index in [1.54, 1.807) is 0 Å². The largest absolute Gasteiger partial charge is 0.311 e. The Morgan fingerprint density at radius 1 is 1.53 bits per heavy atom. The summed E-state index contributed by atoms with van der Waals surface area (Å²) in [5.41, 5.74) is 1.33. The van der Waals surface area contributed by atoms with Gasteiger partial charge in [0.1, 0.15) is 0 Å². The van der Waals surface area contributed by atoms with Gasteiger partial charge in [-0.15, -0.1) is 0 Å². The molecule has 0 amide bonds. The highest BCUT2D eigenvalue weighted by Crippen LogP contribution is 2.11. The molecule has 1 fully saturated rings. The van der Waals surface area contributed by atoms with Crippen molar-refractivity contribution in [2.24, 2.45) is 5.92 Å². The fourth-order valence-corrected chi connectivity index (χ4v) is 2.35. The van der Waals surface area contributed by atoms with E-state index in [1.807, 2.05) is 10.9 Å². The van der Waals surface area contributed by atoms with E-state index in [-0.39, 0.29) is 0 Å². The summed E-state index contributed by atoms with van der Waals surface area (Å²) in [6, 6.07) is 0.630. The molecule has 0 bridgehead atoms. The maximum Gasteiger partial charge on any atom is 0.0534 e. The number of nitrogens with zero attached hydrogens (tertiary/aromatic N) is 3. The molecular weight excluding hydrogens is 212 g/mol. The van der Waals surface area contributed by atoms with Crippen molar-refractivity contribution in [1.29, 1.82) is 0 Å². The molecule has 0 saturated carbocycles. The minimum Gasteiger partial charge on any atom is -0.311 e. The van der Waals surface area contributed by atoms with Crippen LogP contribution in [0.25, 0.3) is 0 Å². The van der Waals surface area contributed by atoms with E-state index in [9.17, 15) is 0 Å². The minimum atomic E-state index is 0.630. The Bertz CT molecular complexity index is 345. The summed E-state index contributed by atoms with van der Waals surface area (Å²) in [4.78, 5) is 2.53. The topological polar surface area (TPSA) is 33.1 Å². The molecule has 96 valence electrons. The van der Waals surface area contributed by atoms with Crippen molar-refractivity contribution in [2.45, 2.75) is 39.9 Å². The van der Waals surface area contributed by atoms with Gasteiger partial charge in [0.05, 0.1) is 6.20 Å². The van der Waals surface area contributed by atoms with Crippen LogP contribution in [-0.4, -0.2) is 40.4 Å². The molecule has 0 aromatic carbocycles. The van der Waals surface area contributed by atoms with Crippen LogP contribution in [0.15, 0.2) is 12.4 Å². The molecule has 1 atom stereocenters. The monoisotopic (exact) mass is 236 g/mol. The van der Waals surface area contributed by atoms with Gasteiger partial charge in [0.25, 0.3) is 0 Å². The molecule has 1 aromatic heterocycles. The summed E-state index contributed by atoms with van der Waals surface area (Å²) < 4.78 is 2.00. The first kappa shape index (κ1) is 12.6. The van der Waals surface area contributed by atoms with E-state index in [4.69, 9.17) is 0 Å². The highest BCUT2D eigenvalue weighted by Gasteiger charge is 2.21. The van der Waals surface area contributed by atoms with Gasteiger partial charge in [-0.2, -0.15) is 5.10 Å². The van der Waals surface area contributed by atoms with Gasteiger partial charge in [0.2, 0.25) is 0 Å². The Balaban J connectivity index is 1.90. The average Bonchev–Trinajstić information content (AvgIpc) is 2.77. The second-order valence-electron chi connectivity index (χ2n) is 5.24. The van der Waals surface area contributed by atoms with Crippen LogP contribution in [0.3, 0.4) is 0 Å². The highest BCUT2D eigenvalue weighted by atomic mass is 15.3. The van der Waals surface area contributed by atoms with Gasteiger partial charge in [-0.25, -0.2) is 0 Å². The first-order chi connectivity index (χ1) is 8.19. The molecule has 1 unspecified atom stereocenters. The molecule has 2 rings (SSSR count). The van der Waals surface area contributed by atoms with E-state index < -0.39 is 0 Å². The zero-order chi connectivity index (χ0) is 12.3. The van der Waals surface area contributed by atoms with Crippen molar-refractivity contribution in [3.63, 3.8) is 0 Å². The molecule has 0 aliphatic carbocycles. The second kappa shape index (κ2) is 5.65. The maximum absolute atomic E-state index is 4.33. The van der Waals surface area contributed by atoms with E-state index in [0.717, 1.165) is 32.7 Å². The summed E-state index contributed by atoms with van der Waals surface area (Å²) in [5, 5.41) is 7.92. The Hall–Kier alpha value is -0.870. The summed E-state index contributed by atoms with van der Waals surface area (Å²) >= 11 is 0. The van der Waals surface area contributed by atoms with E-state index >= 15 is 0 Å². The van der Waals surface area contributed by atoms with Crippen molar-refractivity contribution in [3.8, 4) is 0 Å². The van der Waals surface area contributed by atoms with Gasteiger partial charge in [-0.3, -0.25) is 9.58 Å². The summed E-state index contributed by atoms with van der Waals surface area (Å²) in [6.07, 6.45) is 4.16. The fraction of sp³-hybridized carbons (Fsp3) is 0.769. The predicted molar refractivity (Wildman–Crippen MR) is 69.8 cm³/mol. The number of hydrogen-bond donors (Lipinski definition) is 1. The zero-order valence-electron chi connectivity index (χ0n) is 11.2. The van der Waals surface area contributed by atoms with Crippen LogP contribution in [0, 0.1) is 5.92 Å². The van der Waals surface area contributed by atoms with Crippen molar-refractivity contribution in [2.75, 3.05) is 19.6 Å².